The van der Waals surface area contributed by atoms with E-state index in [1.807, 2.05) is 19.1 Å². The van der Waals surface area contributed by atoms with Gasteiger partial charge in [-0.1, -0.05) is 36.4 Å². The molecule has 30 heavy (non-hydrogen) atoms. The monoisotopic (exact) mass is 400 g/mol. The normalized spacial score (nSPS) is 18.8. The molecule has 4 nitrogen and oxygen atoms in total. The Balaban J connectivity index is 1.60. The summed E-state index contributed by atoms with van der Waals surface area (Å²) >= 11 is 0. The minimum Gasteiger partial charge on any atom is -0.494 e. The van der Waals surface area contributed by atoms with Gasteiger partial charge in [0.2, 0.25) is 5.91 Å². The minimum atomic E-state index is -0.104. The molecule has 1 N–H and O–H groups in total. The average Bonchev–Trinajstić information content (AvgIpc) is 3.18. The van der Waals surface area contributed by atoms with E-state index in [-0.39, 0.29) is 11.9 Å². The largest absolute Gasteiger partial charge is 0.494 e. The lowest BCUT2D eigenvalue weighted by molar-refractivity contribution is -0.129. The van der Waals surface area contributed by atoms with Crippen LogP contribution in [0.4, 0.5) is 0 Å². The number of carbonyl (C=O) groups excluding carboxylic acids is 1. The first kappa shape index (κ1) is 19.0. The van der Waals surface area contributed by atoms with Crippen LogP contribution in [-0.4, -0.2) is 28.9 Å². The lowest BCUT2D eigenvalue weighted by atomic mass is 9.90. The molecule has 0 radical (unpaired) electrons. The number of aromatic nitrogens is 1. The van der Waals surface area contributed by atoms with Crippen molar-refractivity contribution in [3.8, 4) is 5.75 Å². The van der Waals surface area contributed by atoms with Gasteiger partial charge in [-0.05, 0) is 68.4 Å². The summed E-state index contributed by atoms with van der Waals surface area (Å²) in [6.07, 6.45) is 7.24. The molecular formula is C26H28N2O2. The van der Waals surface area contributed by atoms with Crippen LogP contribution in [0.25, 0.3) is 10.9 Å². The van der Waals surface area contributed by atoms with Crippen molar-refractivity contribution in [2.45, 2.75) is 45.1 Å². The highest BCUT2D eigenvalue weighted by molar-refractivity contribution is 5.95. The van der Waals surface area contributed by atoms with Crippen LogP contribution < -0.4 is 4.74 Å². The second-order valence-corrected chi connectivity index (χ2v) is 8.19. The predicted octanol–water partition coefficient (Wildman–Crippen LogP) is 5.54. The molecule has 2 heterocycles. The van der Waals surface area contributed by atoms with Gasteiger partial charge in [-0.3, -0.25) is 4.79 Å². The van der Waals surface area contributed by atoms with Gasteiger partial charge in [0.1, 0.15) is 5.75 Å². The fraction of sp³-hybridized carbons (Fsp3) is 0.346. The molecule has 0 unspecified atom stereocenters. The van der Waals surface area contributed by atoms with Crippen LogP contribution >= 0.6 is 0 Å². The third kappa shape index (κ3) is 3.30. The Labute approximate surface area is 177 Å². The van der Waals surface area contributed by atoms with Crippen molar-refractivity contribution in [3.05, 3.63) is 77.0 Å². The summed E-state index contributed by atoms with van der Waals surface area (Å²) in [7, 11) is 0. The lowest BCUT2D eigenvalue weighted by Gasteiger charge is -2.37. The Kier molecular flexibility index (Phi) is 5.07. The molecule has 3 aromatic rings. The number of hydrogen-bond donors (Lipinski definition) is 1. The molecule has 154 valence electrons. The average molecular weight is 401 g/mol. The number of allylic oxidation sites excluding steroid dienone is 1. The molecule has 0 spiro atoms. The third-order valence-corrected chi connectivity index (χ3v) is 6.37. The highest BCUT2D eigenvalue weighted by Crippen LogP contribution is 2.40. The zero-order valence-electron chi connectivity index (χ0n) is 17.5. The molecule has 2 aromatic carbocycles. The van der Waals surface area contributed by atoms with Gasteiger partial charge in [-0.2, -0.15) is 0 Å². The minimum absolute atomic E-state index is 0.104. The van der Waals surface area contributed by atoms with Crippen LogP contribution in [0.1, 0.15) is 55.5 Å². The summed E-state index contributed by atoms with van der Waals surface area (Å²) in [5.74, 6) is 1.06. The van der Waals surface area contributed by atoms with Gasteiger partial charge in [0.05, 0.1) is 12.6 Å². The van der Waals surface area contributed by atoms with Crippen LogP contribution in [0.15, 0.2) is 60.2 Å². The van der Waals surface area contributed by atoms with E-state index < -0.39 is 0 Å². The van der Waals surface area contributed by atoms with Crippen molar-refractivity contribution >= 4 is 16.8 Å². The summed E-state index contributed by atoms with van der Waals surface area (Å²) in [6, 6.07) is 16.6. The van der Waals surface area contributed by atoms with Crippen LogP contribution in [0.2, 0.25) is 0 Å². The quantitative estimate of drug-likeness (QED) is 0.625. The highest BCUT2D eigenvalue weighted by Gasteiger charge is 2.35. The van der Waals surface area contributed by atoms with E-state index in [1.165, 1.54) is 17.4 Å². The molecule has 0 saturated heterocycles. The van der Waals surface area contributed by atoms with Gasteiger partial charge in [-0.25, -0.2) is 0 Å². The van der Waals surface area contributed by atoms with E-state index in [1.54, 1.807) is 0 Å². The van der Waals surface area contributed by atoms with Crippen molar-refractivity contribution < 1.29 is 9.53 Å². The van der Waals surface area contributed by atoms with Crippen LogP contribution in [0.3, 0.4) is 0 Å². The molecule has 1 amide bonds. The van der Waals surface area contributed by atoms with Crippen molar-refractivity contribution in [1.82, 2.24) is 9.88 Å². The smallest absolute Gasteiger partial charge is 0.250 e. The second kappa shape index (κ2) is 8.02. The van der Waals surface area contributed by atoms with E-state index in [0.717, 1.165) is 60.3 Å². The first-order chi connectivity index (χ1) is 14.8. The first-order valence-electron chi connectivity index (χ1n) is 11.1. The number of amides is 1. The van der Waals surface area contributed by atoms with Gasteiger partial charge in [0.15, 0.2) is 0 Å². The van der Waals surface area contributed by atoms with Gasteiger partial charge >= 0.3 is 0 Å². The fourth-order valence-corrected chi connectivity index (χ4v) is 4.94. The lowest BCUT2D eigenvalue weighted by Crippen LogP contribution is -2.41. The van der Waals surface area contributed by atoms with Gasteiger partial charge in [-0.15, -0.1) is 0 Å². The summed E-state index contributed by atoms with van der Waals surface area (Å²) < 4.78 is 5.64. The molecule has 1 aliphatic carbocycles. The number of ether oxygens (including phenoxy) is 1. The number of para-hydroxylation sites is 1. The first-order valence-corrected chi connectivity index (χ1v) is 11.1. The van der Waals surface area contributed by atoms with Gasteiger partial charge in [0, 0.05) is 28.7 Å². The molecule has 1 aliphatic heterocycles. The van der Waals surface area contributed by atoms with Crippen molar-refractivity contribution in [1.29, 1.82) is 0 Å². The Bertz CT molecular complexity index is 1090. The maximum atomic E-state index is 13.6. The number of aromatic amines is 1. The Hall–Kier alpha value is -3.01. The number of carbonyl (C=O) groups is 1. The molecule has 1 aromatic heterocycles. The molecule has 0 fully saturated rings. The third-order valence-electron chi connectivity index (χ3n) is 6.37. The molecule has 0 bridgehead atoms. The number of hydrogen-bond acceptors (Lipinski definition) is 2. The molecular weight excluding hydrogens is 372 g/mol. The van der Waals surface area contributed by atoms with Gasteiger partial charge in [0.25, 0.3) is 0 Å². The zero-order chi connectivity index (χ0) is 20.5. The maximum Gasteiger partial charge on any atom is 0.250 e. The number of fused-ring (bicyclic) bond motifs is 3. The summed E-state index contributed by atoms with van der Waals surface area (Å²) in [6.45, 7) is 3.38. The Morgan fingerprint density at radius 2 is 1.93 bits per heavy atom. The highest BCUT2D eigenvalue weighted by atomic mass is 16.5. The zero-order valence-corrected chi connectivity index (χ0v) is 17.5. The van der Waals surface area contributed by atoms with E-state index >= 15 is 0 Å². The number of benzene rings is 2. The molecule has 4 heteroatoms. The Morgan fingerprint density at radius 3 is 2.70 bits per heavy atom. The summed E-state index contributed by atoms with van der Waals surface area (Å²) in [4.78, 5) is 19.3. The Morgan fingerprint density at radius 1 is 1.10 bits per heavy atom. The molecule has 2 aliphatic rings. The van der Waals surface area contributed by atoms with Crippen LogP contribution in [0.5, 0.6) is 5.75 Å². The van der Waals surface area contributed by atoms with E-state index in [9.17, 15) is 4.79 Å². The standard InChI is InChI=1S/C26H28N2O2/c1-2-30-20-14-12-18(13-15-20)25-24-22(21-10-6-7-11-23(21)27-24)16-17-28(25)26(29)19-8-4-3-5-9-19/h6-8,10-15,25,27H,2-5,9,16-17H2,1H3/t25-/m0/s1. The van der Waals surface area contributed by atoms with Crippen LogP contribution in [-0.2, 0) is 11.2 Å². The fourth-order valence-electron chi connectivity index (χ4n) is 4.94. The van der Waals surface area contributed by atoms with Gasteiger partial charge < -0.3 is 14.6 Å². The number of H-pyrrole nitrogens is 1. The SMILES string of the molecule is CCOc1ccc([C@H]2c3[nH]c4ccccc4c3CCN2C(=O)C2=CCCCC2)cc1. The van der Waals surface area contributed by atoms with Crippen molar-refractivity contribution in [3.63, 3.8) is 0 Å². The van der Waals surface area contributed by atoms with E-state index in [2.05, 4.69) is 52.4 Å². The summed E-state index contributed by atoms with van der Waals surface area (Å²) in [5.41, 5.74) is 5.74. The van der Waals surface area contributed by atoms with E-state index in [0.29, 0.717) is 6.61 Å². The molecule has 1 atom stereocenters. The second-order valence-electron chi connectivity index (χ2n) is 8.19. The predicted molar refractivity (Wildman–Crippen MR) is 120 cm³/mol. The summed E-state index contributed by atoms with van der Waals surface area (Å²) in [5, 5.41) is 1.27. The number of nitrogens with one attached hydrogen (secondary N) is 1. The molecule has 0 saturated carbocycles. The maximum absolute atomic E-state index is 13.6. The number of rotatable bonds is 4. The van der Waals surface area contributed by atoms with E-state index in [4.69, 9.17) is 4.74 Å². The number of nitrogens with zero attached hydrogens (tertiary/aromatic N) is 1. The van der Waals surface area contributed by atoms with Crippen molar-refractivity contribution in [2.75, 3.05) is 13.2 Å². The topological polar surface area (TPSA) is 45.3 Å². The van der Waals surface area contributed by atoms with Crippen molar-refractivity contribution in [2.24, 2.45) is 0 Å². The van der Waals surface area contributed by atoms with Crippen LogP contribution in [0, 0.1) is 0 Å². The molecule has 5 rings (SSSR count).